The molecule has 2 heterocycles. The Labute approximate surface area is 121 Å². The molecule has 0 unspecified atom stereocenters. The molecule has 5 nitrogen and oxygen atoms in total. The van der Waals surface area contributed by atoms with Crippen LogP contribution in [0.1, 0.15) is 0 Å². The third-order valence-electron chi connectivity index (χ3n) is 3.18. The van der Waals surface area contributed by atoms with Crippen LogP contribution < -0.4 is 16.0 Å². The predicted octanol–water partition coefficient (Wildman–Crippen LogP) is 2.06. The van der Waals surface area contributed by atoms with Gasteiger partial charge in [0, 0.05) is 35.6 Å². The zero-order valence-electron chi connectivity index (χ0n) is 11.4. The monoisotopic (exact) mass is 281 g/mol. The third-order valence-corrected chi connectivity index (χ3v) is 3.18. The highest BCUT2D eigenvalue weighted by atomic mass is 16.5. The summed E-state index contributed by atoms with van der Waals surface area (Å²) in [5.74, 6) is 0.734. The highest BCUT2D eigenvalue weighted by Gasteiger charge is 2.00. The summed E-state index contributed by atoms with van der Waals surface area (Å²) in [6.07, 6.45) is 3.37. The second kappa shape index (κ2) is 5.66. The van der Waals surface area contributed by atoms with E-state index < -0.39 is 0 Å². The minimum Gasteiger partial charge on any atom is -0.492 e. The maximum atomic E-state index is 11.6. The Morgan fingerprint density at radius 1 is 1.19 bits per heavy atom. The second-order valence-electron chi connectivity index (χ2n) is 4.70. The van der Waals surface area contributed by atoms with Gasteiger partial charge in [0.25, 0.3) is 5.56 Å². The molecule has 21 heavy (non-hydrogen) atoms. The van der Waals surface area contributed by atoms with E-state index in [0.717, 1.165) is 16.7 Å². The normalized spacial score (nSPS) is 10.7. The average Bonchev–Trinajstić information content (AvgIpc) is 2.50. The van der Waals surface area contributed by atoms with Crippen LogP contribution >= 0.6 is 0 Å². The molecule has 0 fully saturated rings. The lowest BCUT2D eigenvalue weighted by Gasteiger charge is -2.09. The van der Waals surface area contributed by atoms with Crippen molar-refractivity contribution in [3.05, 3.63) is 65.2 Å². The first kappa shape index (κ1) is 13.2. The van der Waals surface area contributed by atoms with E-state index in [2.05, 4.69) is 4.98 Å². The third kappa shape index (κ3) is 3.02. The van der Waals surface area contributed by atoms with Crippen LogP contribution in [0.15, 0.2) is 59.7 Å². The lowest BCUT2D eigenvalue weighted by atomic mass is 10.2. The SMILES string of the molecule is Nc1ccc(=O)n(CCOc2ccc3cccnc3c2)c1. The van der Waals surface area contributed by atoms with E-state index in [0.29, 0.717) is 18.8 Å². The van der Waals surface area contributed by atoms with Crippen molar-refractivity contribution in [1.29, 1.82) is 0 Å². The summed E-state index contributed by atoms with van der Waals surface area (Å²) < 4.78 is 7.21. The van der Waals surface area contributed by atoms with Crippen LogP contribution in [0.5, 0.6) is 5.75 Å². The Kier molecular flexibility index (Phi) is 3.55. The number of aromatic nitrogens is 2. The summed E-state index contributed by atoms with van der Waals surface area (Å²) in [4.78, 5) is 15.9. The molecule has 3 aromatic rings. The zero-order valence-corrected chi connectivity index (χ0v) is 11.4. The zero-order chi connectivity index (χ0) is 14.7. The fourth-order valence-corrected chi connectivity index (χ4v) is 2.12. The van der Waals surface area contributed by atoms with Crippen molar-refractivity contribution in [2.45, 2.75) is 6.54 Å². The molecule has 0 bridgehead atoms. The second-order valence-corrected chi connectivity index (χ2v) is 4.70. The Morgan fingerprint density at radius 2 is 2.10 bits per heavy atom. The summed E-state index contributed by atoms with van der Waals surface area (Å²) in [5.41, 5.74) is 7.02. The maximum absolute atomic E-state index is 11.6. The van der Waals surface area contributed by atoms with Gasteiger partial charge in [-0.1, -0.05) is 6.07 Å². The van der Waals surface area contributed by atoms with Gasteiger partial charge in [0.1, 0.15) is 12.4 Å². The summed E-state index contributed by atoms with van der Waals surface area (Å²) in [7, 11) is 0. The summed E-state index contributed by atoms with van der Waals surface area (Å²) >= 11 is 0. The molecule has 0 aliphatic carbocycles. The van der Waals surface area contributed by atoms with Gasteiger partial charge in [-0.3, -0.25) is 9.78 Å². The van der Waals surface area contributed by atoms with E-state index in [9.17, 15) is 4.79 Å². The molecule has 2 aromatic heterocycles. The minimum atomic E-state index is -0.0898. The molecule has 0 saturated carbocycles. The number of nitrogens with zero attached hydrogens (tertiary/aromatic N) is 2. The van der Waals surface area contributed by atoms with E-state index in [4.69, 9.17) is 10.5 Å². The van der Waals surface area contributed by atoms with Crippen LogP contribution in [-0.4, -0.2) is 16.2 Å². The number of nitrogens with two attached hydrogens (primary N) is 1. The lowest BCUT2D eigenvalue weighted by molar-refractivity contribution is 0.297. The molecule has 0 atom stereocenters. The highest BCUT2D eigenvalue weighted by molar-refractivity contribution is 5.79. The molecule has 0 spiro atoms. The number of hydrogen-bond donors (Lipinski definition) is 1. The predicted molar refractivity (Wildman–Crippen MR) is 82.4 cm³/mol. The molecule has 0 radical (unpaired) electrons. The Bertz CT molecular complexity index is 827. The Hall–Kier alpha value is -2.82. The van der Waals surface area contributed by atoms with Crippen LogP contribution in [0, 0.1) is 0 Å². The molecule has 0 aliphatic rings. The molecule has 1 aromatic carbocycles. The van der Waals surface area contributed by atoms with Gasteiger partial charge in [-0.15, -0.1) is 0 Å². The van der Waals surface area contributed by atoms with Gasteiger partial charge in [-0.25, -0.2) is 0 Å². The van der Waals surface area contributed by atoms with Gasteiger partial charge in [0.15, 0.2) is 0 Å². The summed E-state index contributed by atoms with van der Waals surface area (Å²) in [6, 6.07) is 12.7. The topological polar surface area (TPSA) is 70.1 Å². The lowest BCUT2D eigenvalue weighted by Crippen LogP contribution is -2.22. The first-order valence-electron chi connectivity index (χ1n) is 6.66. The molecule has 3 rings (SSSR count). The molecule has 5 heteroatoms. The summed E-state index contributed by atoms with van der Waals surface area (Å²) in [6.45, 7) is 0.839. The number of hydrogen-bond acceptors (Lipinski definition) is 4. The number of pyridine rings is 2. The molecule has 106 valence electrons. The van der Waals surface area contributed by atoms with E-state index in [1.54, 1.807) is 18.5 Å². The average molecular weight is 281 g/mol. The standard InChI is InChI=1S/C16H15N3O2/c17-13-4-6-16(20)19(11-13)8-9-21-14-5-3-12-2-1-7-18-15(12)10-14/h1-7,10-11H,8-9,17H2. The number of benzene rings is 1. The number of fused-ring (bicyclic) bond motifs is 1. The fraction of sp³-hybridized carbons (Fsp3) is 0.125. The van der Waals surface area contributed by atoms with Crippen LogP contribution in [0.4, 0.5) is 5.69 Å². The Morgan fingerprint density at radius 3 is 3.00 bits per heavy atom. The van der Waals surface area contributed by atoms with Crippen molar-refractivity contribution >= 4 is 16.6 Å². The van der Waals surface area contributed by atoms with Crippen LogP contribution in [0.25, 0.3) is 10.9 Å². The van der Waals surface area contributed by atoms with Gasteiger partial charge in [-0.2, -0.15) is 0 Å². The van der Waals surface area contributed by atoms with Gasteiger partial charge < -0.3 is 15.0 Å². The maximum Gasteiger partial charge on any atom is 0.250 e. The van der Waals surface area contributed by atoms with Crippen molar-refractivity contribution in [3.63, 3.8) is 0 Å². The van der Waals surface area contributed by atoms with E-state index in [1.165, 1.54) is 10.6 Å². The van der Waals surface area contributed by atoms with Crippen LogP contribution in [-0.2, 0) is 6.54 Å². The van der Waals surface area contributed by atoms with Crippen LogP contribution in [0.2, 0.25) is 0 Å². The Balaban J connectivity index is 1.69. The van der Waals surface area contributed by atoms with Gasteiger partial charge in [0.2, 0.25) is 0 Å². The van der Waals surface area contributed by atoms with Crippen molar-refractivity contribution in [1.82, 2.24) is 9.55 Å². The quantitative estimate of drug-likeness (QED) is 0.794. The number of anilines is 1. The molecular formula is C16H15N3O2. The van der Waals surface area contributed by atoms with Crippen LogP contribution in [0.3, 0.4) is 0 Å². The van der Waals surface area contributed by atoms with Crippen molar-refractivity contribution in [3.8, 4) is 5.75 Å². The molecule has 0 amide bonds. The summed E-state index contributed by atoms with van der Waals surface area (Å²) in [5, 5.41) is 1.07. The largest absolute Gasteiger partial charge is 0.492 e. The number of ether oxygens (including phenoxy) is 1. The highest BCUT2D eigenvalue weighted by Crippen LogP contribution is 2.18. The molecule has 2 N–H and O–H groups in total. The van der Waals surface area contributed by atoms with Gasteiger partial charge in [0.05, 0.1) is 12.1 Å². The van der Waals surface area contributed by atoms with Crippen molar-refractivity contribution in [2.75, 3.05) is 12.3 Å². The number of nitrogen functional groups attached to an aromatic ring is 1. The van der Waals surface area contributed by atoms with E-state index in [1.807, 2.05) is 30.3 Å². The molecule has 0 saturated heterocycles. The van der Waals surface area contributed by atoms with Gasteiger partial charge in [-0.05, 0) is 24.3 Å². The first-order valence-corrected chi connectivity index (χ1v) is 6.66. The van der Waals surface area contributed by atoms with Crippen molar-refractivity contribution in [2.24, 2.45) is 0 Å². The molecular weight excluding hydrogens is 266 g/mol. The van der Waals surface area contributed by atoms with Crippen molar-refractivity contribution < 1.29 is 4.74 Å². The van der Waals surface area contributed by atoms with E-state index >= 15 is 0 Å². The smallest absolute Gasteiger partial charge is 0.250 e. The van der Waals surface area contributed by atoms with E-state index in [-0.39, 0.29) is 5.56 Å². The fourth-order valence-electron chi connectivity index (χ4n) is 2.12. The molecule has 0 aliphatic heterocycles. The minimum absolute atomic E-state index is 0.0898. The first-order chi connectivity index (χ1) is 10.2. The van der Waals surface area contributed by atoms with Gasteiger partial charge >= 0.3 is 0 Å². The number of rotatable bonds is 4.